The molecule has 1 aromatic carbocycles. The van der Waals surface area contributed by atoms with E-state index in [2.05, 4.69) is 10.1 Å². The molecule has 0 bridgehead atoms. The van der Waals surface area contributed by atoms with E-state index in [0.717, 1.165) is 49.7 Å². The minimum Gasteiger partial charge on any atom is -0.337 e. The Balaban J connectivity index is 1.41. The first-order valence-electron chi connectivity index (χ1n) is 10.1. The average molecular weight is 380 g/mol. The van der Waals surface area contributed by atoms with Gasteiger partial charge in [-0.3, -0.25) is 9.69 Å². The Morgan fingerprint density at radius 3 is 2.75 bits per heavy atom. The van der Waals surface area contributed by atoms with Crippen LogP contribution in [0.5, 0.6) is 0 Å². The van der Waals surface area contributed by atoms with E-state index in [4.69, 9.17) is 4.52 Å². The van der Waals surface area contributed by atoms with Gasteiger partial charge < -0.3 is 9.42 Å². The van der Waals surface area contributed by atoms with Gasteiger partial charge in [-0.05, 0) is 38.7 Å². The molecule has 1 aliphatic heterocycles. The number of carbonyl (C=O) groups excluding carboxylic acids is 2. The molecule has 1 aromatic heterocycles. The third-order valence-corrected chi connectivity index (χ3v) is 6.10. The quantitative estimate of drug-likeness (QED) is 0.811. The molecule has 7 heteroatoms. The van der Waals surface area contributed by atoms with E-state index in [-0.39, 0.29) is 36.5 Å². The van der Waals surface area contributed by atoms with Crippen LogP contribution >= 0.6 is 0 Å². The maximum absolute atomic E-state index is 13.1. The van der Waals surface area contributed by atoms with Crippen LogP contribution in [0.1, 0.15) is 50.0 Å². The van der Waals surface area contributed by atoms with Gasteiger partial charge in [0.15, 0.2) is 0 Å². The molecule has 3 aliphatic rings. The fraction of sp³-hybridized carbons (Fsp3) is 0.524. The molecule has 0 N–H and O–H groups in total. The van der Waals surface area contributed by atoms with Gasteiger partial charge in [-0.2, -0.15) is 4.98 Å². The number of nitrogens with zero attached hydrogens (tertiary/aromatic N) is 4. The highest BCUT2D eigenvalue weighted by Gasteiger charge is 2.51. The maximum atomic E-state index is 13.1. The SMILES string of the molecule is Cc1cccc(-c2noc(CN3C(=O)N(C4CC4)C(=O)C4CCCCC43)n2)c1. The van der Waals surface area contributed by atoms with E-state index in [1.54, 1.807) is 4.90 Å². The lowest BCUT2D eigenvalue weighted by Crippen LogP contribution is -2.62. The minimum atomic E-state index is -0.189. The first-order chi connectivity index (χ1) is 13.6. The largest absolute Gasteiger partial charge is 0.337 e. The van der Waals surface area contributed by atoms with Crippen molar-refractivity contribution in [3.8, 4) is 11.4 Å². The molecule has 7 nitrogen and oxygen atoms in total. The summed E-state index contributed by atoms with van der Waals surface area (Å²) in [6.45, 7) is 2.28. The van der Waals surface area contributed by atoms with Gasteiger partial charge >= 0.3 is 6.03 Å². The molecule has 2 unspecified atom stereocenters. The molecule has 3 fully saturated rings. The van der Waals surface area contributed by atoms with Crippen LogP contribution in [0.2, 0.25) is 0 Å². The van der Waals surface area contributed by atoms with Crippen molar-refractivity contribution in [1.29, 1.82) is 0 Å². The van der Waals surface area contributed by atoms with Crippen molar-refractivity contribution >= 4 is 11.9 Å². The summed E-state index contributed by atoms with van der Waals surface area (Å²) in [5.74, 6) is 0.878. The molecule has 0 spiro atoms. The highest BCUT2D eigenvalue weighted by atomic mass is 16.5. The summed E-state index contributed by atoms with van der Waals surface area (Å²) >= 11 is 0. The summed E-state index contributed by atoms with van der Waals surface area (Å²) in [6, 6.07) is 7.76. The van der Waals surface area contributed by atoms with E-state index in [0.29, 0.717) is 11.7 Å². The lowest BCUT2D eigenvalue weighted by atomic mass is 9.81. The summed E-state index contributed by atoms with van der Waals surface area (Å²) in [5.41, 5.74) is 2.02. The predicted octanol–water partition coefficient (Wildman–Crippen LogP) is 3.53. The zero-order chi connectivity index (χ0) is 19.3. The van der Waals surface area contributed by atoms with Gasteiger partial charge in [-0.15, -0.1) is 0 Å². The van der Waals surface area contributed by atoms with E-state index < -0.39 is 0 Å². The van der Waals surface area contributed by atoms with Gasteiger partial charge in [0.1, 0.15) is 6.54 Å². The number of carbonyl (C=O) groups is 2. The molecule has 28 heavy (non-hydrogen) atoms. The van der Waals surface area contributed by atoms with Crippen LogP contribution in [0.4, 0.5) is 4.79 Å². The van der Waals surface area contributed by atoms with E-state index >= 15 is 0 Å². The van der Waals surface area contributed by atoms with Gasteiger partial charge in [-0.1, -0.05) is 41.8 Å². The van der Waals surface area contributed by atoms with Gasteiger partial charge in [0.2, 0.25) is 17.6 Å². The van der Waals surface area contributed by atoms with Gasteiger partial charge in [0, 0.05) is 17.6 Å². The van der Waals surface area contributed by atoms with Gasteiger partial charge in [0.05, 0.1) is 5.92 Å². The summed E-state index contributed by atoms with van der Waals surface area (Å²) < 4.78 is 5.47. The monoisotopic (exact) mass is 380 g/mol. The van der Waals surface area contributed by atoms with E-state index in [9.17, 15) is 9.59 Å². The standard InChI is InChI=1S/C21H24N4O3/c1-13-5-4-6-14(11-13)19-22-18(28-23-19)12-24-17-8-3-2-7-16(17)20(26)25(21(24)27)15-9-10-15/h4-6,11,15-17H,2-3,7-10,12H2,1H3. The number of benzene rings is 1. The molecule has 2 aliphatic carbocycles. The molecule has 2 atom stereocenters. The van der Waals surface area contributed by atoms with Crippen molar-refractivity contribution in [1.82, 2.24) is 19.9 Å². The average Bonchev–Trinajstić information content (AvgIpc) is 3.42. The lowest BCUT2D eigenvalue weighted by molar-refractivity contribution is -0.141. The van der Waals surface area contributed by atoms with Crippen molar-refractivity contribution in [2.24, 2.45) is 5.92 Å². The van der Waals surface area contributed by atoms with Crippen LogP contribution in [0.25, 0.3) is 11.4 Å². The Kier molecular flexibility index (Phi) is 4.18. The number of aromatic nitrogens is 2. The smallest absolute Gasteiger partial charge is 0.327 e. The summed E-state index contributed by atoms with van der Waals surface area (Å²) in [4.78, 5) is 33.9. The number of rotatable bonds is 4. The molecule has 1 saturated heterocycles. The Bertz CT molecular complexity index is 920. The van der Waals surface area contributed by atoms with Crippen LogP contribution < -0.4 is 0 Å². The Labute approximate surface area is 163 Å². The molecule has 146 valence electrons. The molecule has 2 saturated carbocycles. The van der Waals surface area contributed by atoms with Crippen molar-refractivity contribution in [2.45, 2.75) is 64.1 Å². The number of urea groups is 1. The van der Waals surface area contributed by atoms with Crippen LogP contribution in [-0.4, -0.2) is 44.0 Å². The van der Waals surface area contributed by atoms with Crippen molar-refractivity contribution < 1.29 is 14.1 Å². The number of hydrogen-bond donors (Lipinski definition) is 0. The van der Waals surface area contributed by atoms with Crippen molar-refractivity contribution in [3.05, 3.63) is 35.7 Å². The first-order valence-corrected chi connectivity index (χ1v) is 10.1. The Morgan fingerprint density at radius 2 is 1.96 bits per heavy atom. The second kappa shape index (κ2) is 6.72. The normalized spacial score (nSPS) is 25.2. The fourth-order valence-electron chi connectivity index (χ4n) is 4.55. The third-order valence-electron chi connectivity index (χ3n) is 6.10. The molecule has 3 amide bonds. The number of imide groups is 1. The lowest BCUT2D eigenvalue weighted by Gasteiger charge is -2.46. The molecule has 2 aromatic rings. The van der Waals surface area contributed by atoms with Crippen LogP contribution in [0, 0.1) is 12.8 Å². The van der Waals surface area contributed by atoms with E-state index in [1.165, 1.54) is 4.90 Å². The number of amides is 3. The highest BCUT2D eigenvalue weighted by Crippen LogP contribution is 2.39. The molecular formula is C21H24N4O3. The number of fused-ring (bicyclic) bond motifs is 1. The van der Waals surface area contributed by atoms with Crippen molar-refractivity contribution in [2.75, 3.05) is 0 Å². The molecule has 0 radical (unpaired) electrons. The Hall–Kier alpha value is -2.70. The highest BCUT2D eigenvalue weighted by molar-refractivity contribution is 5.99. The zero-order valence-electron chi connectivity index (χ0n) is 16.0. The predicted molar refractivity (Wildman–Crippen MR) is 101 cm³/mol. The maximum Gasteiger partial charge on any atom is 0.327 e. The van der Waals surface area contributed by atoms with Crippen LogP contribution in [0.3, 0.4) is 0 Å². The number of hydrogen-bond acceptors (Lipinski definition) is 5. The minimum absolute atomic E-state index is 0.0272. The fourth-order valence-corrected chi connectivity index (χ4v) is 4.55. The Morgan fingerprint density at radius 1 is 1.14 bits per heavy atom. The number of aryl methyl sites for hydroxylation is 1. The second-order valence-corrected chi connectivity index (χ2v) is 8.19. The molecule has 2 heterocycles. The van der Waals surface area contributed by atoms with Gasteiger partial charge in [0.25, 0.3) is 0 Å². The third kappa shape index (κ3) is 2.99. The van der Waals surface area contributed by atoms with Crippen LogP contribution in [0.15, 0.2) is 28.8 Å². The topological polar surface area (TPSA) is 79.5 Å². The van der Waals surface area contributed by atoms with Gasteiger partial charge in [-0.25, -0.2) is 4.79 Å². The van der Waals surface area contributed by atoms with E-state index in [1.807, 2.05) is 31.2 Å². The summed E-state index contributed by atoms with van der Waals surface area (Å²) in [5, 5.41) is 4.10. The summed E-state index contributed by atoms with van der Waals surface area (Å²) in [7, 11) is 0. The zero-order valence-corrected chi connectivity index (χ0v) is 16.0. The van der Waals surface area contributed by atoms with Crippen LogP contribution in [-0.2, 0) is 11.3 Å². The first kappa shape index (κ1) is 17.4. The molecule has 5 rings (SSSR count). The molecular weight excluding hydrogens is 356 g/mol. The van der Waals surface area contributed by atoms with Crippen molar-refractivity contribution in [3.63, 3.8) is 0 Å². The summed E-state index contributed by atoms with van der Waals surface area (Å²) in [6.07, 6.45) is 5.64. The second-order valence-electron chi connectivity index (χ2n) is 8.19.